The van der Waals surface area contributed by atoms with E-state index in [9.17, 15) is 31.2 Å². The number of carbonyl (C=O) groups is 2. The molecule has 12 heteroatoms. The maximum absolute atomic E-state index is 14.0. The summed E-state index contributed by atoms with van der Waals surface area (Å²) in [7, 11) is -0.352. The molecule has 1 aromatic rings. The van der Waals surface area contributed by atoms with Gasteiger partial charge < -0.3 is 10.2 Å². The molecule has 1 aliphatic carbocycles. The molecule has 0 radical (unpaired) electrons. The van der Waals surface area contributed by atoms with Crippen molar-refractivity contribution in [1.82, 2.24) is 14.5 Å². The van der Waals surface area contributed by atoms with Crippen LogP contribution in [-0.2, 0) is 21.2 Å². The molecule has 2 fully saturated rings. The van der Waals surface area contributed by atoms with Crippen molar-refractivity contribution in [3.63, 3.8) is 0 Å². The number of aliphatic imine (C=N–C) groups is 1. The molecule has 1 spiro atoms. The maximum Gasteiger partial charge on any atom is 0.401 e. The van der Waals surface area contributed by atoms with Crippen LogP contribution in [0, 0.1) is 12.3 Å². The highest BCUT2D eigenvalue weighted by Gasteiger charge is 2.62. The molecular weight excluding hydrogens is 509 g/mol. The normalized spacial score (nSPS) is 21.7. The quantitative estimate of drug-likeness (QED) is 0.597. The van der Waals surface area contributed by atoms with Crippen molar-refractivity contribution in [3.8, 4) is 0 Å². The molecule has 1 aromatic carbocycles. The lowest BCUT2D eigenvalue weighted by atomic mass is 9.83. The van der Waals surface area contributed by atoms with Gasteiger partial charge >= 0.3 is 6.18 Å². The number of sulfonamides is 1. The summed E-state index contributed by atoms with van der Waals surface area (Å²) < 4.78 is 69.4. The molecule has 2 aliphatic heterocycles. The number of aryl methyl sites for hydroxylation is 2. The fourth-order valence-electron chi connectivity index (χ4n) is 5.59. The first kappa shape index (κ1) is 27.6. The Morgan fingerprint density at radius 3 is 2.30 bits per heavy atom. The van der Waals surface area contributed by atoms with Gasteiger partial charge in [0.2, 0.25) is 10.0 Å². The fourth-order valence-corrected chi connectivity index (χ4v) is 7.06. The van der Waals surface area contributed by atoms with E-state index < -0.39 is 33.1 Å². The van der Waals surface area contributed by atoms with Crippen molar-refractivity contribution in [1.29, 1.82) is 0 Å². The average molecular weight is 543 g/mol. The van der Waals surface area contributed by atoms with Crippen LogP contribution in [0.3, 0.4) is 0 Å². The summed E-state index contributed by atoms with van der Waals surface area (Å²) in [5, 5.41) is 2.43. The second-order valence-electron chi connectivity index (χ2n) is 10.5. The minimum absolute atomic E-state index is 0.0147. The number of nitrogens with one attached hydrogen (secondary N) is 1. The van der Waals surface area contributed by atoms with E-state index in [-0.39, 0.29) is 62.7 Å². The van der Waals surface area contributed by atoms with Crippen LogP contribution in [-0.4, -0.2) is 79.9 Å². The minimum atomic E-state index is -4.51. The molecular formula is C25H33F3N4O4S. The smallest absolute Gasteiger partial charge is 0.345 e. The molecule has 204 valence electrons. The molecule has 4 rings (SSSR count). The van der Waals surface area contributed by atoms with E-state index in [4.69, 9.17) is 0 Å². The molecule has 37 heavy (non-hydrogen) atoms. The minimum Gasteiger partial charge on any atom is -0.345 e. The van der Waals surface area contributed by atoms with Crippen molar-refractivity contribution in [2.45, 2.75) is 63.6 Å². The van der Waals surface area contributed by atoms with Gasteiger partial charge in [-0.2, -0.15) is 13.2 Å². The van der Waals surface area contributed by atoms with E-state index in [2.05, 4.69) is 10.3 Å². The van der Waals surface area contributed by atoms with Crippen molar-refractivity contribution in [2.75, 3.05) is 32.9 Å². The first-order valence-electron chi connectivity index (χ1n) is 12.5. The number of benzene rings is 1. The number of alkyl halides is 3. The van der Waals surface area contributed by atoms with Crippen LogP contribution in [0.5, 0.6) is 0 Å². The van der Waals surface area contributed by atoms with Crippen LogP contribution in [0.4, 0.5) is 13.2 Å². The highest BCUT2D eigenvalue weighted by Crippen LogP contribution is 2.52. The van der Waals surface area contributed by atoms with Crippen LogP contribution in [0.15, 0.2) is 23.2 Å². The van der Waals surface area contributed by atoms with E-state index in [1.165, 1.54) is 9.21 Å². The van der Waals surface area contributed by atoms with Crippen LogP contribution >= 0.6 is 0 Å². The second kappa shape index (κ2) is 9.68. The topological polar surface area (TPSA) is 99.2 Å². The Labute approximate surface area is 215 Å². The summed E-state index contributed by atoms with van der Waals surface area (Å²) in [5.41, 5.74) is -1.33. The number of halogens is 3. The van der Waals surface area contributed by atoms with Crippen molar-refractivity contribution < 1.29 is 31.2 Å². The summed E-state index contributed by atoms with van der Waals surface area (Å²) in [6, 6.07) is 5.17. The SMILES string of the molecule is Cc1cc(C(=O)N(C)C)ccc1CCS(=O)(=O)N1CCC2(CC1)N=C(C1(C(F)(F)F)CCCC1)NC2=O. The summed E-state index contributed by atoms with van der Waals surface area (Å²) in [6.45, 7) is 1.85. The lowest BCUT2D eigenvalue weighted by molar-refractivity contribution is -0.196. The summed E-state index contributed by atoms with van der Waals surface area (Å²) in [6.07, 6.45) is -3.55. The molecule has 0 aromatic heterocycles. The number of amides is 2. The van der Waals surface area contributed by atoms with Crippen molar-refractivity contribution >= 4 is 27.7 Å². The number of amidine groups is 1. The van der Waals surface area contributed by atoms with E-state index >= 15 is 0 Å². The Morgan fingerprint density at radius 1 is 1.14 bits per heavy atom. The summed E-state index contributed by atoms with van der Waals surface area (Å²) in [4.78, 5) is 30.8. The molecule has 1 saturated heterocycles. The Bertz CT molecular complexity index is 1210. The van der Waals surface area contributed by atoms with Crippen LogP contribution < -0.4 is 5.32 Å². The Kier molecular flexibility index (Phi) is 7.21. The van der Waals surface area contributed by atoms with Gasteiger partial charge in [-0.15, -0.1) is 0 Å². The Hall–Kier alpha value is -2.47. The third-order valence-corrected chi connectivity index (χ3v) is 9.87. The van der Waals surface area contributed by atoms with Gasteiger partial charge in [-0.05, 0) is 62.3 Å². The zero-order chi connectivity index (χ0) is 27.2. The first-order valence-corrected chi connectivity index (χ1v) is 14.1. The number of hydrogen-bond donors (Lipinski definition) is 1. The highest BCUT2D eigenvalue weighted by atomic mass is 32.2. The van der Waals surface area contributed by atoms with Crippen LogP contribution in [0.2, 0.25) is 0 Å². The second-order valence-corrected chi connectivity index (χ2v) is 12.6. The van der Waals surface area contributed by atoms with Gasteiger partial charge in [-0.1, -0.05) is 18.9 Å². The van der Waals surface area contributed by atoms with Crippen LogP contribution in [0.1, 0.15) is 60.0 Å². The molecule has 8 nitrogen and oxygen atoms in total. The first-order chi connectivity index (χ1) is 17.2. The fraction of sp³-hybridized carbons (Fsp3) is 0.640. The summed E-state index contributed by atoms with van der Waals surface area (Å²) >= 11 is 0. The summed E-state index contributed by atoms with van der Waals surface area (Å²) in [5.74, 6) is -1.16. The van der Waals surface area contributed by atoms with Gasteiger partial charge in [-0.25, -0.2) is 12.7 Å². The van der Waals surface area contributed by atoms with Gasteiger partial charge in [0.1, 0.15) is 16.8 Å². The highest BCUT2D eigenvalue weighted by molar-refractivity contribution is 7.89. The van der Waals surface area contributed by atoms with E-state index in [0.717, 1.165) is 11.1 Å². The molecule has 2 heterocycles. The van der Waals surface area contributed by atoms with Gasteiger partial charge in [0, 0.05) is 32.7 Å². The number of hydrogen-bond acceptors (Lipinski definition) is 5. The predicted octanol–water partition coefficient (Wildman–Crippen LogP) is 3.05. The van der Waals surface area contributed by atoms with E-state index in [1.54, 1.807) is 32.3 Å². The molecule has 3 aliphatic rings. The number of piperidine rings is 1. The molecule has 1 N–H and O–H groups in total. The molecule has 2 amide bonds. The number of rotatable bonds is 6. The lowest BCUT2D eigenvalue weighted by Crippen LogP contribution is -2.52. The molecule has 0 unspecified atom stereocenters. The predicted molar refractivity (Wildman–Crippen MR) is 133 cm³/mol. The van der Waals surface area contributed by atoms with Crippen molar-refractivity contribution in [3.05, 3.63) is 34.9 Å². The Balaban J connectivity index is 1.42. The maximum atomic E-state index is 14.0. The van der Waals surface area contributed by atoms with Crippen LogP contribution in [0.25, 0.3) is 0 Å². The zero-order valence-electron chi connectivity index (χ0n) is 21.3. The van der Waals surface area contributed by atoms with Gasteiger partial charge in [0.25, 0.3) is 11.8 Å². The monoisotopic (exact) mass is 542 g/mol. The van der Waals surface area contributed by atoms with E-state index in [1.807, 2.05) is 6.92 Å². The van der Waals surface area contributed by atoms with Crippen molar-refractivity contribution in [2.24, 2.45) is 10.4 Å². The average Bonchev–Trinajstić information content (AvgIpc) is 3.44. The van der Waals surface area contributed by atoms with Gasteiger partial charge in [0.15, 0.2) is 0 Å². The van der Waals surface area contributed by atoms with Gasteiger partial charge in [0.05, 0.1) is 5.75 Å². The van der Waals surface area contributed by atoms with Gasteiger partial charge in [-0.3, -0.25) is 14.6 Å². The lowest BCUT2D eigenvalue weighted by Gasteiger charge is -2.35. The Morgan fingerprint density at radius 2 is 1.76 bits per heavy atom. The zero-order valence-corrected chi connectivity index (χ0v) is 22.1. The molecule has 1 saturated carbocycles. The number of nitrogens with zero attached hydrogens (tertiary/aromatic N) is 3. The third kappa shape index (κ3) is 5.01. The molecule has 0 atom stereocenters. The number of carbonyl (C=O) groups excluding carboxylic acids is 2. The molecule has 0 bridgehead atoms. The van der Waals surface area contributed by atoms with E-state index in [0.29, 0.717) is 18.4 Å². The largest absolute Gasteiger partial charge is 0.401 e. The third-order valence-electron chi connectivity index (χ3n) is 8.00. The standard InChI is InChI=1S/C25H33F3N4O4S/c1-17-16-19(20(33)31(2)3)7-6-18(17)8-15-37(35,36)32-13-11-24(12-14-32)22(34)29-21(30-24)23(25(26,27)28)9-4-5-10-23/h6-7,16H,4-5,8-15H2,1-3H3,(H,29,30,34).